The van der Waals surface area contributed by atoms with Crippen LogP contribution in [0.2, 0.25) is 0 Å². The van der Waals surface area contributed by atoms with E-state index in [4.69, 9.17) is 14.7 Å². The highest BCUT2D eigenvalue weighted by Gasteiger charge is 2.24. The number of aromatic nitrogens is 2. The first kappa shape index (κ1) is 15.0. The minimum absolute atomic E-state index is 0.480. The third-order valence-corrected chi connectivity index (χ3v) is 5.21. The molecule has 21 heavy (non-hydrogen) atoms. The molecule has 3 rings (SSSR count). The van der Waals surface area contributed by atoms with Crippen LogP contribution >= 0.6 is 0 Å². The first-order valence-electron chi connectivity index (χ1n) is 8.80. The number of hydrogen-bond donors (Lipinski definition) is 0. The number of rotatable bonds is 4. The molecule has 0 aromatic carbocycles. The fourth-order valence-electron chi connectivity index (χ4n) is 3.93. The summed E-state index contributed by atoms with van der Waals surface area (Å²) < 4.78 is 5.73. The second kappa shape index (κ2) is 7.35. The van der Waals surface area contributed by atoms with Crippen LogP contribution in [0.15, 0.2) is 12.4 Å². The van der Waals surface area contributed by atoms with E-state index in [1.807, 2.05) is 0 Å². The molecule has 3 nitrogen and oxygen atoms in total. The van der Waals surface area contributed by atoms with Gasteiger partial charge in [-0.1, -0.05) is 19.3 Å². The Morgan fingerprint density at radius 3 is 2.19 bits per heavy atom. The summed E-state index contributed by atoms with van der Waals surface area (Å²) in [5, 5.41) is 0. The van der Waals surface area contributed by atoms with Crippen molar-refractivity contribution in [2.75, 3.05) is 6.61 Å². The summed E-state index contributed by atoms with van der Waals surface area (Å²) in [5.74, 6) is 2.34. The monoisotopic (exact) mass is 288 g/mol. The number of hydrogen-bond acceptors (Lipinski definition) is 3. The average molecular weight is 288 g/mol. The summed E-state index contributed by atoms with van der Waals surface area (Å²) in [7, 11) is 0. The van der Waals surface area contributed by atoms with E-state index < -0.39 is 0 Å². The van der Waals surface area contributed by atoms with Gasteiger partial charge >= 0.3 is 0 Å². The van der Waals surface area contributed by atoms with E-state index in [0.717, 1.165) is 12.4 Å². The van der Waals surface area contributed by atoms with Gasteiger partial charge in [-0.2, -0.15) is 0 Å². The van der Waals surface area contributed by atoms with Gasteiger partial charge in [-0.05, 0) is 56.9 Å². The van der Waals surface area contributed by atoms with Gasteiger partial charge in [0.25, 0.3) is 0 Å². The topological polar surface area (TPSA) is 35.0 Å². The summed E-state index contributed by atoms with van der Waals surface area (Å²) in [6.45, 7) is 2.93. The zero-order chi connectivity index (χ0) is 14.5. The molecule has 1 heterocycles. The van der Waals surface area contributed by atoms with Gasteiger partial charge in [0.1, 0.15) is 5.82 Å². The first-order chi connectivity index (χ1) is 10.4. The molecule has 0 N–H and O–H groups in total. The zero-order valence-corrected chi connectivity index (χ0v) is 13.3. The second-order valence-corrected chi connectivity index (χ2v) is 6.64. The molecule has 1 aromatic rings. The van der Waals surface area contributed by atoms with Crippen LogP contribution in [0.1, 0.15) is 87.9 Å². The first-order valence-corrected chi connectivity index (χ1v) is 8.80. The van der Waals surface area contributed by atoms with Crippen LogP contribution in [0, 0.1) is 0 Å². The molecule has 2 aliphatic rings. The van der Waals surface area contributed by atoms with Crippen LogP contribution in [0.5, 0.6) is 0 Å². The third kappa shape index (κ3) is 3.82. The predicted molar refractivity (Wildman–Crippen MR) is 84.5 cm³/mol. The molecule has 1 aromatic heterocycles. The molecule has 0 unspecified atom stereocenters. The van der Waals surface area contributed by atoms with E-state index in [-0.39, 0.29) is 0 Å². The van der Waals surface area contributed by atoms with E-state index in [1.54, 1.807) is 0 Å². The van der Waals surface area contributed by atoms with E-state index in [2.05, 4.69) is 19.3 Å². The zero-order valence-electron chi connectivity index (χ0n) is 13.3. The van der Waals surface area contributed by atoms with Crippen molar-refractivity contribution in [1.82, 2.24) is 9.97 Å². The lowest BCUT2D eigenvalue weighted by Gasteiger charge is -2.28. The Hall–Kier alpha value is -0.960. The lowest BCUT2D eigenvalue weighted by molar-refractivity contribution is 0.0327. The molecule has 0 saturated heterocycles. The Balaban J connectivity index is 1.57. The SMILES string of the molecule is CCOC1CCC(c2cnc(C3CCCCC3)nc2)CC1. The van der Waals surface area contributed by atoms with Gasteiger partial charge in [0, 0.05) is 24.9 Å². The second-order valence-electron chi connectivity index (χ2n) is 6.64. The maximum absolute atomic E-state index is 5.73. The molecule has 0 bridgehead atoms. The van der Waals surface area contributed by atoms with E-state index in [1.165, 1.54) is 63.4 Å². The Morgan fingerprint density at radius 2 is 1.57 bits per heavy atom. The van der Waals surface area contributed by atoms with E-state index in [9.17, 15) is 0 Å². The van der Waals surface area contributed by atoms with Crippen LogP contribution in [-0.2, 0) is 4.74 Å². The lowest BCUT2D eigenvalue weighted by atomic mass is 9.83. The standard InChI is InChI=1S/C18H28N2O/c1-2-21-17-10-8-14(9-11-17)16-12-19-18(20-13-16)15-6-4-3-5-7-15/h12-15,17H,2-11H2,1H3. The van der Waals surface area contributed by atoms with Gasteiger partial charge in [0.15, 0.2) is 0 Å². The minimum atomic E-state index is 0.480. The Labute approximate surface area is 128 Å². The quantitative estimate of drug-likeness (QED) is 0.813. The average Bonchev–Trinajstić information content (AvgIpc) is 2.57. The molecule has 0 amide bonds. The minimum Gasteiger partial charge on any atom is -0.379 e. The van der Waals surface area contributed by atoms with Gasteiger partial charge in [-0.15, -0.1) is 0 Å². The van der Waals surface area contributed by atoms with Crippen LogP contribution < -0.4 is 0 Å². The summed E-state index contributed by atoms with van der Waals surface area (Å²) >= 11 is 0. The van der Waals surface area contributed by atoms with Crippen molar-refractivity contribution < 1.29 is 4.74 Å². The van der Waals surface area contributed by atoms with Crippen molar-refractivity contribution in [2.24, 2.45) is 0 Å². The third-order valence-electron chi connectivity index (χ3n) is 5.21. The number of ether oxygens (including phenoxy) is 1. The molecule has 0 aliphatic heterocycles. The van der Waals surface area contributed by atoms with Gasteiger partial charge in [-0.3, -0.25) is 0 Å². The maximum Gasteiger partial charge on any atom is 0.131 e. The Kier molecular flexibility index (Phi) is 5.23. The summed E-state index contributed by atoms with van der Waals surface area (Å²) in [5.41, 5.74) is 1.34. The summed E-state index contributed by atoms with van der Waals surface area (Å²) in [4.78, 5) is 9.38. The van der Waals surface area contributed by atoms with Crippen molar-refractivity contribution in [3.8, 4) is 0 Å². The van der Waals surface area contributed by atoms with Crippen LogP contribution in [0.3, 0.4) is 0 Å². The van der Waals surface area contributed by atoms with Crippen LogP contribution in [0.4, 0.5) is 0 Å². The van der Waals surface area contributed by atoms with Gasteiger partial charge in [0.05, 0.1) is 6.10 Å². The van der Waals surface area contributed by atoms with Gasteiger partial charge in [0.2, 0.25) is 0 Å². The van der Waals surface area contributed by atoms with Gasteiger partial charge < -0.3 is 4.74 Å². The normalized spacial score (nSPS) is 27.7. The van der Waals surface area contributed by atoms with E-state index >= 15 is 0 Å². The Bertz CT molecular complexity index is 417. The molecule has 0 atom stereocenters. The summed E-state index contributed by atoms with van der Waals surface area (Å²) in [6.07, 6.45) is 16.1. The molecular weight excluding hydrogens is 260 g/mol. The van der Waals surface area contributed by atoms with E-state index in [0.29, 0.717) is 17.9 Å². The van der Waals surface area contributed by atoms with Crippen molar-refractivity contribution >= 4 is 0 Å². The Morgan fingerprint density at radius 1 is 0.905 bits per heavy atom. The van der Waals surface area contributed by atoms with Crippen molar-refractivity contribution in [2.45, 2.75) is 82.7 Å². The lowest BCUT2D eigenvalue weighted by Crippen LogP contribution is -2.21. The largest absolute Gasteiger partial charge is 0.379 e. The fraction of sp³-hybridized carbons (Fsp3) is 0.778. The highest BCUT2D eigenvalue weighted by atomic mass is 16.5. The molecule has 0 spiro atoms. The van der Waals surface area contributed by atoms with Crippen LogP contribution in [-0.4, -0.2) is 22.7 Å². The maximum atomic E-state index is 5.73. The van der Waals surface area contributed by atoms with Crippen LogP contribution in [0.25, 0.3) is 0 Å². The molecule has 2 saturated carbocycles. The van der Waals surface area contributed by atoms with Crippen molar-refractivity contribution in [3.05, 3.63) is 23.8 Å². The molecule has 2 fully saturated rings. The highest BCUT2D eigenvalue weighted by Crippen LogP contribution is 2.34. The molecular formula is C18H28N2O. The fourth-order valence-corrected chi connectivity index (χ4v) is 3.93. The predicted octanol–water partition coefficient (Wildman–Crippen LogP) is 4.59. The highest BCUT2D eigenvalue weighted by molar-refractivity contribution is 5.14. The molecule has 116 valence electrons. The van der Waals surface area contributed by atoms with Gasteiger partial charge in [-0.25, -0.2) is 9.97 Å². The molecule has 2 aliphatic carbocycles. The van der Waals surface area contributed by atoms with Crippen molar-refractivity contribution in [1.29, 1.82) is 0 Å². The van der Waals surface area contributed by atoms with Crippen molar-refractivity contribution in [3.63, 3.8) is 0 Å². The molecule has 0 radical (unpaired) electrons. The molecule has 3 heteroatoms. The summed E-state index contributed by atoms with van der Waals surface area (Å²) in [6, 6.07) is 0. The number of nitrogens with zero attached hydrogens (tertiary/aromatic N) is 2. The smallest absolute Gasteiger partial charge is 0.131 e.